The second kappa shape index (κ2) is 9.51. The van der Waals surface area contributed by atoms with Crippen LogP contribution < -0.4 is 0 Å². The number of aryl methyl sites for hydroxylation is 1. The summed E-state index contributed by atoms with van der Waals surface area (Å²) in [6.07, 6.45) is 5.28. The SMILES string of the molecule is Cc1oc(-c2ccc(-c3ccccc3)cc2)nc1CN1CCCC(C(=O)c2cccnc2)C1. The monoisotopic (exact) mass is 437 g/mol. The lowest BCUT2D eigenvalue weighted by Gasteiger charge is -2.31. The third-order valence-electron chi connectivity index (χ3n) is 6.33. The highest BCUT2D eigenvalue weighted by molar-refractivity contribution is 5.97. The van der Waals surface area contributed by atoms with Crippen LogP contribution in [0.2, 0.25) is 0 Å². The summed E-state index contributed by atoms with van der Waals surface area (Å²) in [6, 6.07) is 22.3. The van der Waals surface area contributed by atoms with Crippen LogP contribution in [-0.2, 0) is 6.54 Å². The maximum atomic E-state index is 12.9. The Hall–Kier alpha value is -3.57. The molecule has 0 bridgehead atoms. The molecule has 1 atom stereocenters. The van der Waals surface area contributed by atoms with E-state index in [9.17, 15) is 4.79 Å². The summed E-state index contributed by atoms with van der Waals surface area (Å²) in [7, 11) is 0. The summed E-state index contributed by atoms with van der Waals surface area (Å²) in [5.41, 5.74) is 4.96. The lowest BCUT2D eigenvalue weighted by molar-refractivity contribution is 0.0809. The van der Waals surface area contributed by atoms with Crippen molar-refractivity contribution in [1.29, 1.82) is 0 Å². The molecule has 4 aromatic rings. The number of hydrogen-bond donors (Lipinski definition) is 0. The first kappa shape index (κ1) is 21.3. The van der Waals surface area contributed by atoms with E-state index < -0.39 is 0 Å². The quantitative estimate of drug-likeness (QED) is 0.357. The zero-order valence-corrected chi connectivity index (χ0v) is 18.8. The number of piperidine rings is 1. The highest BCUT2D eigenvalue weighted by atomic mass is 16.4. The Morgan fingerprint density at radius 1 is 1.00 bits per heavy atom. The van der Waals surface area contributed by atoms with Crippen LogP contribution in [0.3, 0.4) is 0 Å². The van der Waals surface area contributed by atoms with E-state index >= 15 is 0 Å². The van der Waals surface area contributed by atoms with Crippen molar-refractivity contribution in [3.63, 3.8) is 0 Å². The molecule has 5 rings (SSSR count). The van der Waals surface area contributed by atoms with Crippen LogP contribution in [0.4, 0.5) is 0 Å². The van der Waals surface area contributed by atoms with Crippen molar-refractivity contribution in [3.8, 4) is 22.6 Å². The molecule has 166 valence electrons. The number of ketones is 1. The van der Waals surface area contributed by atoms with E-state index in [4.69, 9.17) is 9.40 Å². The molecule has 0 saturated carbocycles. The maximum absolute atomic E-state index is 12.9. The first-order valence-electron chi connectivity index (χ1n) is 11.5. The van der Waals surface area contributed by atoms with Crippen LogP contribution in [0.15, 0.2) is 83.5 Å². The molecule has 0 amide bonds. The maximum Gasteiger partial charge on any atom is 0.226 e. The number of aromatic nitrogens is 2. The Morgan fingerprint density at radius 3 is 2.52 bits per heavy atom. The molecule has 5 heteroatoms. The van der Waals surface area contributed by atoms with E-state index in [0.29, 0.717) is 18.0 Å². The Morgan fingerprint density at radius 2 is 1.76 bits per heavy atom. The van der Waals surface area contributed by atoms with E-state index in [1.165, 1.54) is 11.1 Å². The van der Waals surface area contributed by atoms with Crippen LogP contribution in [-0.4, -0.2) is 33.7 Å². The van der Waals surface area contributed by atoms with Crippen molar-refractivity contribution in [3.05, 3.63) is 96.1 Å². The Balaban J connectivity index is 1.27. The molecule has 1 unspecified atom stereocenters. The molecule has 2 aromatic heterocycles. The van der Waals surface area contributed by atoms with Gasteiger partial charge in [0.25, 0.3) is 0 Å². The van der Waals surface area contributed by atoms with Gasteiger partial charge >= 0.3 is 0 Å². The number of benzene rings is 2. The second-order valence-corrected chi connectivity index (χ2v) is 8.65. The number of carbonyl (C=O) groups is 1. The molecule has 5 nitrogen and oxygen atoms in total. The van der Waals surface area contributed by atoms with Gasteiger partial charge in [-0.3, -0.25) is 14.7 Å². The summed E-state index contributed by atoms with van der Waals surface area (Å²) in [4.78, 5) is 24.1. The summed E-state index contributed by atoms with van der Waals surface area (Å²) in [5, 5.41) is 0. The number of rotatable bonds is 6. The summed E-state index contributed by atoms with van der Waals surface area (Å²) < 4.78 is 6.02. The summed E-state index contributed by atoms with van der Waals surface area (Å²) >= 11 is 0. The number of nitrogens with zero attached hydrogens (tertiary/aromatic N) is 3. The average Bonchev–Trinajstić information content (AvgIpc) is 3.25. The van der Waals surface area contributed by atoms with Crippen LogP contribution in [0.5, 0.6) is 0 Å². The zero-order chi connectivity index (χ0) is 22.6. The third kappa shape index (κ3) is 4.78. The highest BCUT2D eigenvalue weighted by Crippen LogP contribution is 2.28. The molecule has 3 heterocycles. The van der Waals surface area contributed by atoms with Crippen LogP contribution >= 0.6 is 0 Å². The summed E-state index contributed by atoms with van der Waals surface area (Å²) in [6.45, 7) is 4.35. The number of Topliss-reactive ketones (excluding diaryl/α,β-unsaturated/α-hetero) is 1. The minimum Gasteiger partial charge on any atom is -0.441 e. The van der Waals surface area contributed by atoms with E-state index in [1.807, 2.05) is 37.3 Å². The normalized spacial score (nSPS) is 16.6. The van der Waals surface area contributed by atoms with Gasteiger partial charge in [0.1, 0.15) is 5.76 Å². The van der Waals surface area contributed by atoms with Crippen molar-refractivity contribution >= 4 is 5.78 Å². The first-order valence-corrected chi connectivity index (χ1v) is 11.5. The molecular formula is C28H27N3O2. The number of pyridine rings is 1. The standard InChI is InChI=1S/C28H27N3O2/c1-20-26(19-31-16-6-10-25(18-31)27(32)24-9-5-15-29-17-24)30-28(33-20)23-13-11-22(12-14-23)21-7-3-2-4-8-21/h2-5,7-9,11-15,17,25H,6,10,16,18-19H2,1H3. The molecule has 2 aromatic carbocycles. The van der Waals surface area contributed by atoms with Crippen LogP contribution in [0, 0.1) is 12.8 Å². The second-order valence-electron chi connectivity index (χ2n) is 8.65. The predicted molar refractivity (Wildman–Crippen MR) is 129 cm³/mol. The van der Waals surface area contributed by atoms with Crippen molar-refractivity contribution in [2.75, 3.05) is 13.1 Å². The third-order valence-corrected chi connectivity index (χ3v) is 6.33. The van der Waals surface area contributed by atoms with Crippen LogP contribution in [0.25, 0.3) is 22.6 Å². The fraction of sp³-hybridized carbons (Fsp3) is 0.250. The molecule has 0 spiro atoms. The number of likely N-dealkylation sites (tertiary alicyclic amines) is 1. The molecule has 1 saturated heterocycles. The highest BCUT2D eigenvalue weighted by Gasteiger charge is 2.27. The summed E-state index contributed by atoms with van der Waals surface area (Å²) in [5.74, 6) is 1.66. The van der Waals surface area contributed by atoms with Gasteiger partial charge in [-0.15, -0.1) is 0 Å². The van der Waals surface area contributed by atoms with Gasteiger partial charge in [0, 0.05) is 42.5 Å². The molecule has 0 N–H and O–H groups in total. The molecule has 0 aliphatic carbocycles. The molecule has 0 radical (unpaired) electrons. The minimum absolute atomic E-state index is 0.000147. The number of hydrogen-bond acceptors (Lipinski definition) is 5. The number of carbonyl (C=O) groups excluding carboxylic acids is 1. The fourth-order valence-electron chi connectivity index (χ4n) is 4.50. The Bertz CT molecular complexity index is 1220. The van der Waals surface area contributed by atoms with Gasteiger partial charge in [-0.1, -0.05) is 42.5 Å². The van der Waals surface area contributed by atoms with Gasteiger partial charge < -0.3 is 4.42 Å². The lowest BCUT2D eigenvalue weighted by atomic mass is 9.90. The van der Waals surface area contributed by atoms with Gasteiger partial charge in [0.2, 0.25) is 5.89 Å². The Labute approximate surface area is 194 Å². The van der Waals surface area contributed by atoms with Crippen LogP contribution in [0.1, 0.15) is 34.7 Å². The van der Waals surface area contributed by atoms with Gasteiger partial charge in [-0.2, -0.15) is 0 Å². The van der Waals surface area contributed by atoms with E-state index in [1.54, 1.807) is 12.4 Å². The lowest BCUT2D eigenvalue weighted by Crippen LogP contribution is -2.38. The van der Waals surface area contributed by atoms with Gasteiger partial charge in [-0.05, 0) is 61.7 Å². The molecule has 1 fully saturated rings. The largest absolute Gasteiger partial charge is 0.441 e. The van der Waals surface area contributed by atoms with Gasteiger partial charge in [0.05, 0.1) is 5.69 Å². The molecular weight excluding hydrogens is 410 g/mol. The fourth-order valence-corrected chi connectivity index (χ4v) is 4.50. The van der Waals surface area contributed by atoms with Crippen molar-refractivity contribution in [2.24, 2.45) is 5.92 Å². The predicted octanol–water partition coefficient (Wildman–Crippen LogP) is 5.81. The van der Waals surface area contributed by atoms with Gasteiger partial charge in [-0.25, -0.2) is 4.98 Å². The Kier molecular flexibility index (Phi) is 6.13. The average molecular weight is 438 g/mol. The van der Waals surface area contributed by atoms with Crippen molar-refractivity contribution in [2.45, 2.75) is 26.3 Å². The van der Waals surface area contributed by atoms with E-state index in [-0.39, 0.29) is 11.7 Å². The smallest absolute Gasteiger partial charge is 0.226 e. The van der Waals surface area contributed by atoms with E-state index in [0.717, 1.165) is 42.9 Å². The first-order chi connectivity index (χ1) is 16.2. The van der Waals surface area contributed by atoms with E-state index in [2.05, 4.69) is 46.3 Å². The zero-order valence-electron chi connectivity index (χ0n) is 18.8. The van der Waals surface area contributed by atoms with Crippen molar-refractivity contribution in [1.82, 2.24) is 14.9 Å². The molecule has 1 aliphatic heterocycles. The minimum atomic E-state index is 0.000147. The molecule has 1 aliphatic rings. The van der Waals surface area contributed by atoms with Gasteiger partial charge in [0.15, 0.2) is 5.78 Å². The molecule has 33 heavy (non-hydrogen) atoms. The topological polar surface area (TPSA) is 59.2 Å². The number of oxazole rings is 1. The van der Waals surface area contributed by atoms with Crippen molar-refractivity contribution < 1.29 is 9.21 Å².